The molecule has 1 aliphatic heterocycles. The number of nitrogens with two attached hydrogens (primary N) is 1. The lowest BCUT2D eigenvalue weighted by Crippen LogP contribution is -2.50. The molecule has 0 bridgehead atoms. The molecule has 1 heterocycles. The second-order valence-corrected chi connectivity index (χ2v) is 4.61. The predicted molar refractivity (Wildman–Crippen MR) is 57.2 cm³/mol. The fourth-order valence-electron chi connectivity index (χ4n) is 2.67. The Labute approximate surface area is 86.6 Å². The number of nitrogens with zero attached hydrogens (tertiary/aromatic N) is 1. The minimum atomic E-state index is 0.476. The minimum absolute atomic E-state index is 0.476. The van der Waals surface area contributed by atoms with Crippen molar-refractivity contribution in [2.45, 2.75) is 31.7 Å². The summed E-state index contributed by atoms with van der Waals surface area (Å²) in [5, 5.41) is 0. The lowest BCUT2D eigenvalue weighted by molar-refractivity contribution is -0.0103. The zero-order valence-corrected chi connectivity index (χ0v) is 8.95. The van der Waals surface area contributed by atoms with Crippen LogP contribution >= 0.6 is 0 Å². The van der Waals surface area contributed by atoms with Crippen molar-refractivity contribution >= 4 is 0 Å². The summed E-state index contributed by atoms with van der Waals surface area (Å²) < 4.78 is 5.45. The van der Waals surface area contributed by atoms with Gasteiger partial charge in [0.2, 0.25) is 0 Å². The molecule has 3 nitrogen and oxygen atoms in total. The van der Waals surface area contributed by atoms with Crippen LogP contribution in [-0.2, 0) is 4.74 Å². The van der Waals surface area contributed by atoms with Gasteiger partial charge < -0.3 is 10.5 Å². The molecule has 1 atom stereocenters. The van der Waals surface area contributed by atoms with Gasteiger partial charge >= 0.3 is 0 Å². The Hall–Kier alpha value is -0.120. The third kappa shape index (κ3) is 2.47. The molecule has 1 unspecified atom stereocenters. The molecule has 1 saturated carbocycles. The SMILES string of the molecule is NCC1COCCN1CC1CCCC1. The summed E-state index contributed by atoms with van der Waals surface area (Å²) in [6, 6.07) is 0.476. The molecule has 2 rings (SSSR count). The normalized spacial score (nSPS) is 31.1. The molecular formula is C11H22N2O. The van der Waals surface area contributed by atoms with Crippen LogP contribution in [-0.4, -0.2) is 43.8 Å². The molecular weight excluding hydrogens is 176 g/mol. The van der Waals surface area contributed by atoms with E-state index in [4.69, 9.17) is 10.5 Å². The number of morpholine rings is 1. The Balaban J connectivity index is 1.81. The molecule has 1 aliphatic carbocycles. The van der Waals surface area contributed by atoms with Crippen LogP contribution in [0.15, 0.2) is 0 Å². The highest BCUT2D eigenvalue weighted by atomic mass is 16.5. The Bertz CT molecular complexity index is 169. The van der Waals surface area contributed by atoms with Gasteiger partial charge in [-0.05, 0) is 18.8 Å². The predicted octanol–water partition coefficient (Wildman–Crippen LogP) is 0.836. The topological polar surface area (TPSA) is 38.5 Å². The average Bonchev–Trinajstić information content (AvgIpc) is 2.71. The molecule has 0 amide bonds. The van der Waals surface area contributed by atoms with Crippen LogP contribution in [0.3, 0.4) is 0 Å². The highest BCUT2D eigenvalue weighted by Crippen LogP contribution is 2.26. The largest absolute Gasteiger partial charge is 0.378 e. The zero-order chi connectivity index (χ0) is 9.80. The second-order valence-electron chi connectivity index (χ2n) is 4.61. The third-order valence-corrected chi connectivity index (χ3v) is 3.59. The van der Waals surface area contributed by atoms with Crippen LogP contribution < -0.4 is 5.73 Å². The Morgan fingerprint density at radius 2 is 2.07 bits per heavy atom. The Kier molecular flexibility index (Phi) is 3.79. The van der Waals surface area contributed by atoms with E-state index in [1.807, 2.05) is 0 Å². The van der Waals surface area contributed by atoms with Crippen molar-refractivity contribution in [3.63, 3.8) is 0 Å². The molecule has 0 radical (unpaired) electrons. The lowest BCUT2D eigenvalue weighted by Gasteiger charge is -2.36. The van der Waals surface area contributed by atoms with Gasteiger partial charge in [0.25, 0.3) is 0 Å². The molecule has 2 N–H and O–H groups in total. The molecule has 0 aromatic carbocycles. The van der Waals surface area contributed by atoms with Gasteiger partial charge in [0, 0.05) is 25.7 Å². The maximum atomic E-state index is 5.75. The monoisotopic (exact) mass is 198 g/mol. The molecule has 2 aliphatic rings. The van der Waals surface area contributed by atoms with Crippen LogP contribution in [0.2, 0.25) is 0 Å². The van der Waals surface area contributed by atoms with Crippen molar-refractivity contribution in [1.29, 1.82) is 0 Å². The number of rotatable bonds is 3. The van der Waals surface area contributed by atoms with E-state index in [9.17, 15) is 0 Å². The second kappa shape index (κ2) is 5.10. The number of hydrogen-bond acceptors (Lipinski definition) is 3. The van der Waals surface area contributed by atoms with E-state index < -0.39 is 0 Å². The maximum absolute atomic E-state index is 5.75. The van der Waals surface area contributed by atoms with E-state index in [0.717, 1.165) is 32.2 Å². The van der Waals surface area contributed by atoms with E-state index in [-0.39, 0.29) is 0 Å². The summed E-state index contributed by atoms with van der Waals surface area (Å²) in [6.45, 7) is 4.81. The molecule has 0 aromatic rings. The van der Waals surface area contributed by atoms with Crippen LogP contribution in [0.1, 0.15) is 25.7 Å². The summed E-state index contributed by atoms with van der Waals surface area (Å²) >= 11 is 0. The first-order valence-electron chi connectivity index (χ1n) is 5.92. The van der Waals surface area contributed by atoms with E-state index in [2.05, 4.69) is 4.90 Å². The van der Waals surface area contributed by atoms with Crippen LogP contribution in [0.5, 0.6) is 0 Å². The van der Waals surface area contributed by atoms with E-state index in [1.165, 1.54) is 32.2 Å². The van der Waals surface area contributed by atoms with Gasteiger partial charge in [0.05, 0.1) is 13.2 Å². The number of hydrogen-bond donors (Lipinski definition) is 1. The fraction of sp³-hybridized carbons (Fsp3) is 1.00. The lowest BCUT2D eigenvalue weighted by atomic mass is 10.1. The highest BCUT2D eigenvalue weighted by molar-refractivity contribution is 4.80. The van der Waals surface area contributed by atoms with Crippen LogP contribution in [0.4, 0.5) is 0 Å². The van der Waals surface area contributed by atoms with Crippen LogP contribution in [0, 0.1) is 5.92 Å². The fourth-order valence-corrected chi connectivity index (χ4v) is 2.67. The van der Waals surface area contributed by atoms with Crippen molar-refractivity contribution < 1.29 is 4.74 Å². The van der Waals surface area contributed by atoms with E-state index in [0.29, 0.717) is 6.04 Å². The van der Waals surface area contributed by atoms with Gasteiger partial charge in [0.15, 0.2) is 0 Å². The van der Waals surface area contributed by atoms with Crippen LogP contribution in [0.25, 0.3) is 0 Å². The van der Waals surface area contributed by atoms with Gasteiger partial charge in [-0.15, -0.1) is 0 Å². The first-order chi connectivity index (χ1) is 6.90. The number of ether oxygens (including phenoxy) is 1. The molecule has 1 saturated heterocycles. The first-order valence-corrected chi connectivity index (χ1v) is 5.92. The van der Waals surface area contributed by atoms with Gasteiger partial charge in [-0.3, -0.25) is 4.90 Å². The smallest absolute Gasteiger partial charge is 0.0634 e. The molecule has 0 spiro atoms. The minimum Gasteiger partial charge on any atom is -0.378 e. The van der Waals surface area contributed by atoms with Crippen molar-refractivity contribution in [1.82, 2.24) is 4.90 Å². The molecule has 14 heavy (non-hydrogen) atoms. The summed E-state index contributed by atoms with van der Waals surface area (Å²) in [5.74, 6) is 0.933. The van der Waals surface area contributed by atoms with E-state index in [1.54, 1.807) is 0 Å². The Morgan fingerprint density at radius 3 is 2.79 bits per heavy atom. The van der Waals surface area contributed by atoms with Gasteiger partial charge in [-0.1, -0.05) is 12.8 Å². The molecule has 2 fully saturated rings. The average molecular weight is 198 g/mol. The highest BCUT2D eigenvalue weighted by Gasteiger charge is 2.25. The first kappa shape index (κ1) is 10.4. The third-order valence-electron chi connectivity index (χ3n) is 3.59. The summed E-state index contributed by atoms with van der Waals surface area (Å²) in [5.41, 5.74) is 5.75. The van der Waals surface area contributed by atoms with Gasteiger partial charge in [-0.2, -0.15) is 0 Å². The summed E-state index contributed by atoms with van der Waals surface area (Å²) in [6.07, 6.45) is 5.72. The summed E-state index contributed by atoms with van der Waals surface area (Å²) in [7, 11) is 0. The quantitative estimate of drug-likeness (QED) is 0.730. The Morgan fingerprint density at radius 1 is 1.29 bits per heavy atom. The summed E-state index contributed by atoms with van der Waals surface area (Å²) in [4.78, 5) is 2.54. The standard InChI is InChI=1S/C11H22N2O/c12-7-11-9-14-6-5-13(11)8-10-3-1-2-4-10/h10-11H,1-9,12H2. The van der Waals surface area contributed by atoms with E-state index >= 15 is 0 Å². The van der Waals surface area contributed by atoms with Crippen molar-refractivity contribution in [3.05, 3.63) is 0 Å². The maximum Gasteiger partial charge on any atom is 0.0634 e. The zero-order valence-electron chi connectivity index (χ0n) is 8.95. The van der Waals surface area contributed by atoms with Gasteiger partial charge in [-0.25, -0.2) is 0 Å². The van der Waals surface area contributed by atoms with Crippen molar-refractivity contribution in [2.75, 3.05) is 32.8 Å². The van der Waals surface area contributed by atoms with Crippen molar-refractivity contribution in [3.8, 4) is 0 Å². The van der Waals surface area contributed by atoms with Gasteiger partial charge in [0.1, 0.15) is 0 Å². The molecule has 3 heteroatoms. The molecule has 82 valence electrons. The molecule has 0 aromatic heterocycles. The van der Waals surface area contributed by atoms with Crippen molar-refractivity contribution in [2.24, 2.45) is 11.7 Å².